The Labute approximate surface area is 150 Å². The van der Waals surface area contributed by atoms with Crippen molar-refractivity contribution in [3.8, 4) is 0 Å². The van der Waals surface area contributed by atoms with Crippen LogP contribution in [-0.2, 0) is 14.8 Å². The van der Waals surface area contributed by atoms with Gasteiger partial charge in [-0.25, -0.2) is 13.6 Å². The predicted octanol–water partition coefficient (Wildman–Crippen LogP) is 2.57. The summed E-state index contributed by atoms with van der Waals surface area (Å²) in [6.07, 6.45) is 1.77. The number of aromatic amines is 1. The molecule has 0 spiro atoms. The van der Waals surface area contributed by atoms with Gasteiger partial charge in [0.2, 0.25) is 10.0 Å². The van der Waals surface area contributed by atoms with Gasteiger partial charge in [-0.2, -0.15) is 0 Å². The molecule has 1 amide bonds. The summed E-state index contributed by atoms with van der Waals surface area (Å²) in [5.41, 5.74) is 3.76. The fourth-order valence-electron chi connectivity index (χ4n) is 3.10. The average Bonchev–Trinajstić information content (AvgIpc) is 3.24. The van der Waals surface area contributed by atoms with Crippen LogP contribution < -0.4 is 10.5 Å². The Hall–Kier alpha value is -3.16. The lowest BCUT2D eigenvalue weighted by molar-refractivity contribution is -0.110. The van der Waals surface area contributed by atoms with Gasteiger partial charge < -0.3 is 10.3 Å². The average molecular weight is 365 g/mol. The summed E-state index contributed by atoms with van der Waals surface area (Å²) < 4.78 is 23.5. The van der Waals surface area contributed by atoms with Gasteiger partial charge in [0.25, 0.3) is 5.91 Å². The van der Waals surface area contributed by atoms with Gasteiger partial charge in [-0.3, -0.25) is 4.79 Å². The molecular formula is C19H15N3O3S. The zero-order chi connectivity index (χ0) is 18.3. The van der Waals surface area contributed by atoms with E-state index in [-0.39, 0.29) is 10.8 Å². The van der Waals surface area contributed by atoms with Crippen LogP contribution in [0.5, 0.6) is 0 Å². The van der Waals surface area contributed by atoms with E-state index in [4.69, 9.17) is 5.14 Å². The van der Waals surface area contributed by atoms with Crippen LogP contribution in [0.25, 0.3) is 11.1 Å². The van der Waals surface area contributed by atoms with E-state index in [1.807, 2.05) is 42.5 Å². The molecule has 2 heterocycles. The van der Waals surface area contributed by atoms with Crippen molar-refractivity contribution in [2.45, 2.75) is 4.90 Å². The maximum atomic E-state index is 12.7. The number of carbonyl (C=O) groups excluding carboxylic acids is 1. The molecule has 6 nitrogen and oxygen atoms in total. The molecule has 1 aromatic heterocycles. The Morgan fingerprint density at radius 1 is 0.962 bits per heavy atom. The van der Waals surface area contributed by atoms with Gasteiger partial charge in [0.05, 0.1) is 10.5 Å². The third-order valence-electron chi connectivity index (χ3n) is 4.24. The molecule has 0 saturated heterocycles. The smallest absolute Gasteiger partial charge is 0.257 e. The van der Waals surface area contributed by atoms with E-state index in [1.54, 1.807) is 12.3 Å². The first kappa shape index (κ1) is 16.3. The normalized spacial score (nSPS) is 15.5. The van der Waals surface area contributed by atoms with E-state index in [0.29, 0.717) is 22.4 Å². The summed E-state index contributed by atoms with van der Waals surface area (Å²) in [5.74, 6) is -0.292. The Morgan fingerprint density at radius 3 is 2.38 bits per heavy atom. The largest absolute Gasteiger partial charge is 0.361 e. The van der Waals surface area contributed by atoms with Gasteiger partial charge in [-0.05, 0) is 35.9 Å². The SMILES string of the molecule is NS(=O)(=O)c1ccc2c(c1)/C(=C(\c1ccccc1)c1ccc[nH]1)C(=O)N2. The Bertz CT molecular complexity index is 1130. The number of hydrogen-bond donors (Lipinski definition) is 3. The first-order valence-corrected chi connectivity index (χ1v) is 9.42. The number of nitrogens with two attached hydrogens (primary N) is 1. The molecule has 4 N–H and O–H groups in total. The number of sulfonamides is 1. The van der Waals surface area contributed by atoms with E-state index in [2.05, 4.69) is 10.3 Å². The molecule has 3 aromatic rings. The maximum Gasteiger partial charge on any atom is 0.257 e. The summed E-state index contributed by atoms with van der Waals surface area (Å²) in [6.45, 7) is 0. The topological polar surface area (TPSA) is 105 Å². The summed E-state index contributed by atoms with van der Waals surface area (Å²) in [5, 5.41) is 8.05. The van der Waals surface area contributed by atoms with Crippen LogP contribution in [0, 0.1) is 0 Å². The molecule has 0 saturated carbocycles. The van der Waals surface area contributed by atoms with Crippen molar-refractivity contribution in [2.24, 2.45) is 5.14 Å². The fraction of sp³-hybridized carbons (Fsp3) is 0. The number of aromatic nitrogens is 1. The summed E-state index contributed by atoms with van der Waals surface area (Å²) in [4.78, 5) is 15.8. The van der Waals surface area contributed by atoms with Crippen LogP contribution in [0.15, 0.2) is 71.8 Å². The van der Waals surface area contributed by atoms with Crippen molar-refractivity contribution in [1.82, 2.24) is 4.98 Å². The highest BCUT2D eigenvalue weighted by atomic mass is 32.2. The van der Waals surface area contributed by atoms with Crippen molar-refractivity contribution in [3.05, 3.63) is 83.7 Å². The van der Waals surface area contributed by atoms with Crippen LogP contribution in [0.2, 0.25) is 0 Å². The van der Waals surface area contributed by atoms with E-state index in [0.717, 1.165) is 11.3 Å². The van der Waals surface area contributed by atoms with Gasteiger partial charge in [0.1, 0.15) is 0 Å². The van der Waals surface area contributed by atoms with Crippen LogP contribution >= 0.6 is 0 Å². The summed E-state index contributed by atoms with van der Waals surface area (Å²) >= 11 is 0. The number of benzene rings is 2. The maximum absolute atomic E-state index is 12.7. The number of amides is 1. The van der Waals surface area contributed by atoms with E-state index in [9.17, 15) is 13.2 Å². The highest BCUT2D eigenvalue weighted by Crippen LogP contribution is 2.40. The predicted molar refractivity (Wildman–Crippen MR) is 99.6 cm³/mol. The molecule has 130 valence electrons. The molecule has 0 bridgehead atoms. The van der Waals surface area contributed by atoms with Crippen LogP contribution in [0.1, 0.15) is 16.8 Å². The number of H-pyrrole nitrogens is 1. The highest BCUT2D eigenvalue weighted by Gasteiger charge is 2.30. The first-order valence-electron chi connectivity index (χ1n) is 7.87. The van der Waals surface area contributed by atoms with Crippen molar-refractivity contribution in [2.75, 3.05) is 5.32 Å². The lowest BCUT2D eigenvalue weighted by Crippen LogP contribution is -2.12. The summed E-state index contributed by atoms with van der Waals surface area (Å²) in [6, 6.07) is 17.5. The number of primary sulfonamides is 1. The Balaban J connectivity index is 2.05. The number of nitrogens with one attached hydrogen (secondary N) is 2. The third-order valence-corrected chi connectivity index (χ3v) is 5.15. The highest BCUT2D eigenvalue weighted by molar-refractivity contribution is 7.89. The van der Waals surface area contributed by atoms with Crippen LogP contribution in [0.4, 0.5) is 5.69 Å². The first-order chi connectivity index (χ1) is 12.4. The minimum Gasteiger partial charge on any atom is -0.361 e. The number of anilines is 1. The third kappa shape index (κ3) is 2.73. The lowest BCUT2D eigenvalue weighted by atomic mass is 9.93. The van der Waals surface area contributed by atoms with Crippen molar-refractivity contribution < 1.29 is 13.2 Å². The van der Waals surface area contributed by atoms with Crippen molar-refractivity contribution in [3.63, 3.8) is 0 Å². The molecule has 1 aliphatic rings. The molecule has 0 fully saturated rings. The minimum atomic E-state index is -3.88. The molecule has 0 atom stereocenters. The Kier molecular flexibility index (Phi) is 3.75. The van der Waals surface area contributed by atoms with Gasteiger partial charge in [0.15, 0.2) is 0 Å². The van der Waals surface area contributed by atoms with Crippen molar-refractivity contribution >= 4 is 32.8 Å². The lowest BCUT2D eigenvalue weighted by Gasteiger charge is -2.11. The molecule has 4 rings (SSSR count). The molecule has 2 aromatic carbocycles. The molecule has 0 unspecified atom stereocenters. The second kappa shape index (κ2) is 5.98. The van der Waals surface area contributed by atoms with Gasteiger partial charge >= 0.3 is 0 Å². The van der Waals surface area contributed by atoms with E-state index < -0.39 is 10.0 Å². The second-order valence-electron chi connectivity index (χ2n) is 5.91. The van der Waals surface area contributed by atoms with Gasteiger partial charge in [-0.1, -0.05) is 30.3 Å². The monoisotopic (exact) mass is 365 g/mol. The summed E-state index contributed by atoms with van der Waals surface area (Å²) in [7, 11) is -3.88. The van der Waals surface area contributed by atoms with E-state index >= 15 is 0 Å². The zero-order valence-electron chi connectivity index (χ0n) is 13.6. The molecule has 26 heavy (non-hydrogen) atoms. The molecule has 0 aliphatic carbocycles. The fourth-order valence-corrected chi connectivity index (χ4v) is 3.64. The zero-order valence-corrected chi connectivity index (χ0v) is 14.4. The standard InChI is InChI=1S/C19H15N3O3S/c20-26(24,25)13-8-9-15-14(11-13)18(19(23)22-15)17(16-7-4-10-21-16)12-5-2-1-3-6-12/h1-11,21H,(H,22,23)(H2,20,24,25)/b18-17-. The Morgan fingerprint density at radius 2 is 1.73 bits per heavy atom. The minimum absolute atomic E-state index is 0.0378. The molecule has 7 heteroatoms. The number of rotatable bonds is 3. The number of fused-ring (bicyclic) bond motifs is 1. The van der Waals surface area contributed by atoms with Crippen molar-refractivity contribution in [1.29, 1.82) is 0 Å². The second-order valence-corrected chi connectivity index (χ2v) is 7.47. The quantitative estimate of drug-likeness (QED) is 0.621. The van der Waals surface area contributed by atoms with Crippen LogP contribution in [-0.4, -0.2) is 19.3 Å². The molecular weight excluding hydrogens is 350 g/mol. The van der Waals surface area contributed by atoms with E-state index in [1.165, 1.54) is 12.1 Å². The molecule has 1 aliphatic heterocycles. The number of carbonyl (C=O) groups is 1. The number of hydrogen-bond acceptors (Lipinski definition) is 3. The van der Waals surface area contributed by atoms with Gasteiger partial charge in [0, 0.05) is 28.7 Å². The molecule has 0 radical (unpaired) electrons. The van der Waals surface area contributed by atoms with Crippen LogP contribution in [0.3, 0.4) is 0 Å². The van der Waals surface area contributed by atoms with Gasteiger partial charge in [-0.15, -0.1) is 0 Å².